The van der Waals surface area contributed by atoms with Gasteiger partial charge in [-0.05, 0) is 23.8 Å². The van der Waals surface area contributed by atoms with E-state index < -0.39 is 0 Å². The summed E-state index contributed by atoms with van der Waals surface area (Å²) in [6, 6.07) is 12.4. The molecule has 2 nitrogen and oxygen atoms in total. The highest BCUT2D eigenvalue weighted by molar-refractivity contribution is 7.80. The highest BCUT2D eigenvalue weighted by atomic mass is 32.1. The van der Waals surface area contributed by atoms with Crippen LogP contribution in [0.3, 0.4) is 0 Å². The molecule has 0 spiro atoms. The number of hydrogen-bond acceptors (Lipinski definition) is 3. The van der Waals surface area contributed by atoms with Gasteiger partial charge in [0.05, 0.1) is 12.5 Å². The summed E-state index contributed by atoms with van der Waals surface area (Å²) in [4.78, 5) is 2.25. The Bertz CT molecular complexity index is 332. The molecular formula is C13H18N2S. The van der Waals surface area contributed by atoms with Crippen LogP contribution >= 0.6 is 12.6 Å². The van der Waals surface area contributed by atoms with Crippen LogP contribution in [0.5, 0.6) is 0 Å². The zero-order chi connectivity index (χ0) is 11.8. The maximum atomic E-state index is 8.66. The van der Waals surface area contributed by atoms with Crippen molar-refractivity contribution in [2.75, 3.05) is 23.7 Å². The molecule has 0 aliphatic heterocycles. The molecule has 1 rings (SSSR count). The largest absolute Gasteiger partial charge is 0.370 e. The quantitative estimate of drug-likeness (QED) is 0.766. The van der Waals surface area contributed by atoms with Crippen molar-refractivity contribution in [2.24, 2.45) is 5.92 Å². The van der Waals surface area contributed by atoms with Crippen LogP contribution in [0.25, 0.3) is 0 Å². The molecule has 0 aromatic heterocycles. The molecular weight excluding hydrogens is 216 g/mol. The molecule has 3 heteroatoms. The van der Waals surface area contributed by atoms with E-state index in [4.69, 9.17) is 5.26 Å². The van der Waals surface area contributed by atoms with Gasteiger partial charge in [0.15, 0.2) is 0 Å². The van der Waals surface area contributed by atoms with E-state index in [1.54, 1.807) is 0 Å². The molecule has 0 fully saturated rings. The van der Waals surface area contributed by atoms with E-state index in [1.807, 2.05) is 18.2 Å². The summed E-state index contributed by atoms with van der Waals surface area (Å²) < 4.78 is 0. The smallest absolute Gasteiger partial charge is 0.0640 e. The molecule has 0 saturated heterocycles. The fraction of sp³-hybridized carbons (Fsp3) is 0.462. The minimum atomic E-state index is 0.530. The number of rotatable bonds is 6. The van der Waals surface area contributed by atoms with Crippen molar-refractivity contribution in [3.63, 3.8) is 0 Å². The molecule has 0 N–H and O–H groups in total. The summed E-state index contributed by atoms with van der Waals surface area (Å²) in [5, 5.41) is 8.66. The predicted molar refractivity (Wildman–Crippen MR) is 71.9 cm³/mol. The van der Waals surface area contributed by atoms with Crippen LogP contribution in [0.1, 0.15) is 13.3 Å². The summed E-state index contributed by atoms with van der Waals surface area (Å²) >= 11 is 4.30. The Morgan fingerprint density at radius 1 is 1.38 bits per heavy atom. The number of para-hydroxylation sites is 1. The normalized spacial score (nSPS) is 11.8. The third kappa shape index (κ3) is 4.16. The van der Waals surface area contributed by atoms with Gasteiger partial charge >= 0.3 is 0 Å². The van der Waals surface area contributed by atoms with Gasteiger partial charge in [-0.1, -0.05) is 25.1 Å². The van der Waals surface area contributed by atoms with Gasteiger partial charge in [-0.15, -0.1) is 0 Å². The van der Waals surface area contributed by atoms with E-state index in [0.29, 0.717) is 12.3 Å². The van der Waals surface area contributed by atoms with Crippen molar-refractivity contribution in [1.82, 2.24) is 0 Å². The molecule has 0 aliphatic rings. The monoisotopic (exact) mass is 234 g/mol. The van der Waals surface area contributed by atoms with Crippen LogP contribution in [0.15, 0.2) is 30.3 Å². The topological polar surface area (TPSA) is 27.0 Å². The van der Waals surface area contributed by atoms with Gasteiger partial charge in [0.2, 0.25) is 0 Å². The molecule has 0 heterocycles. The third-order valence-electron chi connectivity index (χ3n) is 2.46. The average Bonchev–Trinajstić information content (AvgIpc) is 2.35. The fourth-order valence-electron chi connectivity index (χ4n) is 1.58. The van der Waals surface area contributed by atoms with Crippen LogP contribution in [-0.2, 0) is 0 Å². The first-order valence-corrected chi connectivity index (χ1v) is 6.19. The van der Waals surface area contributed by atoms with Crippen molar-refractivity contribution in [3.05, 3.63) is 30.3 Å². The molecule has 16 heavy (non-hydrogen) atoms. The standard InChI is InChI=1S/C13H18N2S/c1-12(11-16)10-15(9-5-8-14)13-6-3-2-4-7-13/h2-4,6-7,12,16H,5,9-11H2,1H3. The van der Waals surface area contributed by atoms with E-state index in [9.17, 15) is 0 Å². The Balaban J connectivity index is 2.68. The van der Waals surface area contributed by atoms with E-state index in [2.05, 4.69) is 42.7 Å². The van der Waals surface area contributed by atoms with Crippen molar-refractivity contribution >= 4 is 18.3 Å². The first-order valence-electron chi connectivity index (χ1n) is 5.55. The first-order chi connectivity index (χ1) is 7.77. The van der Waals surface area contributed by atoms with Crippen LogP contribution < -0.4 is 4.90 Å². The summed E-state index contributed by atoms with van der Waals surface area (Å²) in [6.45, 7) is 3.92. The average molecular weight is 234 g/mol. The zero-order valence-electron chi connectivity index (χ0n) is 9.63. The molecule has 0 aliphatic carbocycles. The first kappa shape index (κ1) is 12.9. The molecule has 1 unspecified atom stereocenters. The second-order valence-electron chi connectivity index (χ2n) is 3.98. The summed E-state index contributed by atoms with van der Waals surface area (Å²) in [6.07, 6.45) is 0.564. The van der Waals surface area contributed by atoms with Crippen molar-refractivity contribution in [2.45, 2.75) is 13.3 Å². The molecule has 1 aromatic rings. The second-order valence-corrected chi connectivity index (χ2v) is 4.34. The van der Waals surface area contributed by atoms with Crippen LogP contribution in [0.2, 0.25) is 0 Å². The summed E-state index contributed by atoms with van der Waals surface area (Å²) in [7, 11) is 0. The lowest BCUT2D eigenvalue weighted by molar-refractivity contribution is 0.622. The minimum Gasteiger partial charge on any atom is -0.370 e. The van der Waals surface area contributed by atoms with Crippen LogP contribution in [-0.4, -0.2) is 18.8 Å². The summed E-state index contributed by atoms with van der Waals surface area (Å²) in [5.41, 5.74) is 1.19. The Labute approximate surface area is 103 Å². The van der Waals surface area contributed by atoms with Crippen molar-refractivity contribution in [3.8, 4) is 6.07 Å². The predicted octanol–water partition coefficient (Wildman–Crippen LogP) is 2.97. The number of benzene rings is 1. The lowest BCUT2D eigenvalue weighted by Gasteiger charge is -2.26. The SMILES string of the molecule is CC(CS)CN(CCC#N)c1ccccc1. The number of nitrogens with zero attached hydrogens (tertiary/aromatic N) is 2. The molecule has 0 amide bonds. The van der Waals surface area contributed by atoms with E-state index in [1.165, 1.54) is 5.69 Å². The van der Waals surface area contributed by atoms with Gasteiger partial charge in [0.1, 0.15) is 0 Å². The summed E-state index contributed by atoms with van der Waals surface area (Å²) in [5.74, 6) is 1.40. The Morgan fingerprint density at radius 2 is 2.06 bits per heavy atom. The van der Waals surface area contributed by atoms with Gasteiger partial charge in [-0.25, -0.2) is 0 Å². The van der Waals surface area contributed by atoms with E-state index >= 15 is 0 Å². The zero-order valence-corrected chi connectivity index (χ0v) is 10.5. The Morgan fingerprint density at radius 3 is 2.62 bits per heavy atom. The highest BCUT2D eigenvalue weighted by Gasteiger charge is 2.09. The molecule has 0 saturated carbocycles. The number of hydrogen-bond donors (Lipinski definition) is 1. The maximum absolute atomic E-state index is 8.66. The van der Waals surface area contributed by atoms with Crippen molar-refractivity contribution < 1.29 is 0 Å². The number of anilines is 1. The lowest BCUT2D eigenvalue weighted by atomic mass is 10.1. The van der Waals surface area contributed by atoms with Crippen LogP contribution in [0, 0.1) is 17.2 Å². The van der Waals surface area contributed by atoms with E-state index in [0.717, 1.165) is 18.8 Å². The van der Waals surface area contributed by atoms with Crippen molar-refractivity contribution in [1.29, 1.82) is 5.26 Å². The molecule has 1 atom stereocenters. The minimum absolute atomic E-state index is 0.530. The number of nitriles is 1. The molecule has 0 radical (unpaired) electrons. The van der Waals surface area contributed by atoms with Gasteiger partial charge in [0, 0.05) is 18.8 Å². The van der Waals surface area contributed by atoms with Gasteiger partial charge in [-0.3, -0.25) is 0 Å². The lowest BCUT2D eigenvalue weighted by Crippen LogP contribution is -2.30. The van der Waals surface area contributed by atoms with Gasteiger partial charge in [0.25, 0.3) is 0 Å². The number of thiol groups is 1. The molecule has 1 aromatic carbocycles. The molecule has 86 valence electrons. The Hall–Kier alpha value is -1.14. The second kappa shape index (κ2) is 7.19. The molecule has 0 bridgehead atoms. The van der Waals surface area contributed by atoms with Gasteiger partial charge in [-0.2, -0.15) is 17.9 Å². The van der Waals surface area contributed by atoms with Gasteiger partial charge < -0.3 is 4.90 Å². The van der Waals surface area contributed by atoms with E-state index in [-0.39, 0.29) is 0 Å². The Kier molecular flexibility index (Phi) is 5.81. The highest BCUT2D eigenvalue weighted by Crippen LogP contribution is 2.15. The van der Waals surface area contributed by atoms with Crippen LogP contribution in [0.4, 0.5) is 5.69 Å². The third-order valence-corrected chi connectivity index (χ3v) is 3.08. The maximum Gasteiger partial charge on any atom is 0.0640 e. The fourth-order valence-corrected chi connectivity index (χ4v) is 1.70.